The number of nitrogens with one attached hydrogen (secondary N) is 2. The second-order valence-corrected chi connectivity index (χ2v) is 4.63. The molecule has 0 saturated carbocycles. The Bertz CT molecular complexity index is 708. The van der Waals surface area contributed by atoms with Gasteiger partial charge in [0.1, 0.15) is 0 Å². The van der Waals surface area contributed by atoms with Crippen LogP contribution in [-0.4, -0.2) is 20.3 Å². The van der Waals surface area contributed by atoms with Gasteiger partial charge in [-0.05, 0) is 29.8 Å². The predicted molar refractivity (Wildman–Crippen MR) is 81.8 cm³/mol. The van der Waals surface area contributed by atoms with Gasteiger partial charge in [0.2, 0.25) is 0 Å². The van der Waals surface area contributed by atoms with Crippen molar-refractivity contribution in [3.63, 3.8) is 0 Å². The first-order valence-electron chi connectivity index (χ1n) is 6.74. The molecule has 0 aliphatic carbocycles. The van der Waals surface area contributed by atoms with E-state index in [1.807, 2.05) is 0 Å². The molecule has 0 aliphatic heterocycles. The van der Waals surface area contributed by atoms with Crippen molar-refractivity contribution in [3.05, 3.63) is 53.6 Å². The molecule has 0 aliphatic rings. The van der Waals surface area contributed by atoms with E-state index in [-0.39, 0.29) is 12.2 Å². The molecule has 23 heavy (non-hydrogen) atoms. The fraction of sp³-hybridized carbons (Fsp3) is 0.188. The number of ether oxygens (including phenoxy) is 2. The van der Waals surface area contributed by atoms with Crippen molar-refractivity contribution in [1.82, 2.24) is 5.32 Å². The summed E-state index contributed by atoms with van der Waals surface area (Å²) in [4.78, 5) is 11.8. The van der Waals surface area contributed by atoms with E-state index in [1.165, 1.54) is 20.3 Å². The molecule has 0 bridgehead atoms. The molecule has 0 spiro atoms. The van der Waals surface area contributed by atoms with Crippen molar-refractivity contribution in [1.29, 1.82) is 0 Å². The largest absolute Gasteiger partial charge is 0.493 e. The summed E-state index contributed by atoms with van der Waals surface area (Å²) in [6.45, 7) is 0.232. The van der Waals surface area contributed by atoms with Gasteiger partial charge in [0.25, 0.3) is 0 Å². The summed E-state index contributed by atoms with van der Waals surface area (Å²) in [5.74, 6) is -0.862. The number of amides is 2. The minimum Gasteiger partial charge on any atom is -0.493 e. The minimum absolute atomic E-state index is 0.161. The smallest absolute Gasteiger partial charge is 0.319 e. The van der Waals surface area contributed by atoms with E-state index in [0.717, 1.165) is 17.7 Å². The van der Waals surface area contributed by atoms with Crippen molar-refractivity contribution in [2.45, 2.75) is 6.54 Å². The number of hydrogen-bond donors (Lipinski definition) is 2. The summed E-state index contributed by atoms with van der Waals surface area (Å²) in [5.41, 5.74) is 0.955. The van der Waals surface area contributed by atoms with Gasteiger partial charge in [-0.1, -0.05) is 6.07 Å². The van der Waals surface area contributed by atoms with E-state index >= 15 is 0 Å². The molecule has 0 aromatic heterocycles. The lowest BCUT2D eigenvalue weighted by Gasteiger charge is -2.11. The lowest BCUT2D eigenvalue weighted by Crippen LogP contribution is -2.28. The molecule has 2 aromatic rings. The summed E-state index contributed by atoms with van der Waals surface area (Å²) in [6.07, 6.45) is 0. The van der Waals surface area contributed by atoms with Crippen LogP contribution < -0.4 is 20.1 Å². The maximum atomic E-state index is 13.1. The Morgan fingerprint density at radius 2 is 1.74 bits per heavy atom. The highest BCUT2D eigenvalue weighted by molar-refractivity contribution is 5.89. The number of urea groups is 1. The molecule has 0 unspecified atom stereocenters. The normalized spacial score (nSPS) is 10.1. The standard InChI is InChI=1S/C16H16F2N2O3/c1-22-14-6-3-10(7-15(14)23-2)9-19-16(21)20-11-4-5-12(17)13(18)8-11/h3-8H,9H2,1-2H3,(H2,19,20,21). The first-order chi connectivity index (χ1) is 11.0. The van der Waals surface area contributed by atoms with Gasteiger partial charge in [0.05, 0.1) is 14.2 Å². The number of halogens is 2. The van der Waals surface area contributed by atoms with Crippen LogP contribution in [-0.2, 0) is 6.54 Å². The number of carbonyl (C=O) groups excluding carboxylic acids is 1. The van der Waals surface area contributed by atoms with Gasteiger partial charge in [-0.3, -0.25) is 0 Å². The van der Waals surface area contributed by atoms with Gasteiger partial charge in [-0.25, -0.2) is 13.6 Å². The number of methoxy groups -OCH3 is 2. The summed E-state index contributed by atoms with van der Waals surface area (Å²) in [7, 11) is 3.05. The summed E-state index contributed by atoms with van der Waals surface area (Å²) < 4.78 is 36.2. The van der Waals surface area contributed by atoms with E-state index in [0.29, 0.717) is 11.5 Å². The quantitative estimate of drug-likeness (QED) is 0.888. The Labute approximate surface area is 132 Å². The van der Waals surface area contributed by atoms with Crippen LogP contribution in [0.1, 0.15) is 5.56 Å². The zero-order chi connectivity index (χ0) is 16.8. The van der Waals surface area contributed by atoms with Gasteiger partial charge in [-0.2, -0.15) is 0 Å². The highest BCUT2D eigenvalue weighted by Crippen LogP contribution is 2.27. The van der Waals surface area contributed by atoms with Gasteiger partial charge in [0.15, 0.2) is 23.1 Å². The SMILES string of the molecule is COc1ccc(CNC(=O)Nc2ccc(F)c(F)c2)cc1OC. The molecule has 0 saturated heterocycles. The van der Waals surface area contributed by atoms with Crippen LogP contribution in [0.25, 0.3) is 0 Å². The zero-order valence-electron chi connectivity index (χ0n) is 12.7. The lowest BCUT2D eigenvalue weighted by atomic mass is 10.2. The van der Waals surface area contributed by atoms with Crippen LogP contribution >= 0.6 is 0 Å². The topological polar surface area (TPSA) is 59.6 Å². The molecule has 0 fully saturated rings. The average molecular weight is 322 g/mol. The summed E-state index contributed by atoms with van der Waals surface area (Å²) in [5, 5.41) is 5.03. The molecule has 2 N–H and O–H groups in total. The molecule has 122 valence electrons. The van der Waals surface area contributed by atoms with E-state index in [4.69, 9.17) is 9.47 Å². The van der Waals surface area contributed by atoms with E-state index in [2.05, 4.69) is 10.6 Å². The molecular formula is C16H16F2N2O3. The maximum absolute atomic E-state index is 13.1. The Morgan fingerprint density at radius 3 is 2.39 bits per heavy atom. The molecule has 7 heteroatoms. The number of hydrogen-bond acceptors (Lipinski definition) is 3. The predicted octanol–water partition coefficient (Wildman–Crippen LogP) is 3.30. The Hall–Kier alpha value is -2.83. The van der Waals surface area contributed by atoms with Crippen molar-refractivity contribution in [3.8, 4) is 11.5 Å². The molecule has 2 rings (SSSR count). The molecular weight excluding hydrogens is 306 g/mol. The van der Waals surface area contributed by atoms with E-state index < -0.39 is 17.7 Å². The van der Waals surface area contributed by atoms with Crippen molar-refractivity contribution < 1.29 is 23.0 Å². The van der Waals surface area contributed by atoms with Crippen molar-refractivity contribution in [2.75, 3.05) is 19.5 Å². The van der Waals surface area contributed by atoms with Crippen molar-refractivity contribution in [2.24, 2.45) is 0 Å². The fourth-order valence-corrected chi connectivity index (χ4v) is 1.92. The monoisotopic (exact) mass is 322 g/mol. The van der Waals surface area contributed by atoms with Gasteiger partial charge in [-0.15, -0.1) is 0 Å². The number of benzene rings is 2. The Kier molecular flexibility index (Phi) is 5.35. The third-order valence-corrected chi connectivity index (χ3v) is 3.08. The van der Waals surface area contributed by atoms with Gasteiger partial charge >= 0.3 is 6.03 Å². The van der Waals surface area contributed by atoms with E-state index in [9.17, 15) is 13.6 Å². The fourth-order valence-electron chi connectivity index (χ4n) is 1.92. The average Bonchev–Trinajstić information content (AvgIpc) is 2.56. The van der Waals surface area contributed by atoms with Gasteiger partial charge in [0, 0.05) is 18.3 Å². The molecule has 0 atom stereocenters. The first kappa shape index (κ1) is 16.5. The van der Waals surface area contributed by atoms with Crippen LogP contribution in [0, 0.1) is 11.6 Å². The van der Waals surface area contributed by atoms with Crippen LogP contribution in [0.2, 0.25) is 0 Å². The minimum atomic E-state index is -1.03. The number of anilines is 1. The highest BCUT2D eigenvalue weighted by Gasteiger charge is 2.08. The molecule has 5 nitrogen and oxygen atoms in total. The van der Waals surface area contributed by atoms with Crippen LogP contribution in [0.15, 0.2) is 36.4 Å². The molecule has 2 amide bonds. The number of rotatable bonds is 5. The number of carbonyl (C=O) groups is 1. The lowest BCUT2D eigenvalue weighted by molar-refractivity contribution is 0.251. The van der Waals surface area contributed by atoms with Crippen LogP contribution in [0.3, 0.4) is 0 Å². The summed E-state index contributed by atoms with van der Waals surface area (Å²) >= 11 is 0. The zero-order valence-corrected chi connectivity index (χ0v) is 12.7. The van der Waals surface area contributed by atoms with Crippen LogP contribution in [0.4, 0.5) is 19.3 Å². The maximum Gasteiger partial charge on any atom is 0.319 e. The Balaban J connectivity index is 1.95. The Morgan fingerprint density at radius 1 is 1.00 bits per heavy atom. The third kappa shape index (κ3) is 4.32. The van der Waals surface area contributed by atoms with Crippen molar-refractivity contribution >= 4 is 11.7 Å². The van der Waals surface area contributed by atoms with Gasteiger partial charge < -0.3 is 20.1 Å². The highest BCUT2D eigenvalue weighted by atomic mass is 19.2. The van der Waals surface area contributed by atoms with Crippen LogP contribution in [0.5, 0.6) is 11.5 Å². The third-order valence-electron chi connectivity index (χ3n) is 3.08. The molecule has 0 heterocycles. The molecule has 0 radical (unpaired) electrons. The first-order valence-corrected chi connectivity index (χ1v) is 6.74. The molecule has 2 aromatic carbocycles. The van der Waals surface area contributed by atoms with E-state index in [1.54, 1.807) is 18.2 Å². The second-order valence-electron chi connectivity index (χ2n) is 4.63. The second kappa shape index (κ2) is 7.44. The summed E-state index contributed by atoms with van der Waals surface area (Å²) in [6, 6.07) is 7.82.